The molecular weight excluding hydrogens is 280 g/mol. The molecule has 6 heteroatoms. The van der Waals surface area contributed by atoms with Gasteiger partial charge in [0.05, 0.1) is 0 Å². The van der Waals surface area contributed by atoms with Gasteiger partial charge in [0.1, 0.15) is 11.6 Å². The summed E-state index contributed by atoms with van der Waals surface area (Å²) in [5.74, 6) is 2.12. The van der Waals surface area contributed by atoms with E-state index in [0.29, 0.717) is 11.6 Å². The topological polar surface area (TPSA) is 71.3 Å². The van der Waals surface area contributed by atoms with Gasteiger partial charge in [-0.15, -0.1) is 0 Å². The van der Waals surface area contributed by atoms with Crippen LogP contribution in [0.3, 0.4) is 0 Å². The minimum Gasteiger partial charge on any atom is -0.360 e. The first-order valence-corrected chi connectivity index (χ1v) is 7.73. The fraction of sp³-hybridized carbons (Fsp3) is 0.438. The number of amides is 1. The Bertz CT molecular complexity index is 666. The molecule has 3 heterocycles. The molecule has 114 valence electrons. The van der Waals surface area contributed by atoms with E-state index in [2.05, 4.69) is 20.4 Å². The molecule has 2 fully saturated rings. The minimum absolute atomic E-state index is 0.121. The molecule has 1 saturated carbocycles. The normalized spacial score (nSPS) is 21.1. The van der Waals surface area contributed by atoms with Crippen molar-refractivity contribution < 1.29 is 9.32 Å². The smallest absolute Gasteiger partial charge is 0.273 e. The zero-order chi connectivity index (χ0) is 14.9. The summed E-state index contributed by atoms with van der Waals surface area (Å²) in [7, 11) is 0. The molecule has 2 aromatic rings. The van der Waals surface area contributed by atoms with Crippen LogP contribution >= 0.6 is 0 Å². The lowest BCUT2D eigenvalue weighted by atomic mass is 10.2. The highest BCUT2D eigenvalue weighted by Gasteiger charge is 2.30. The van der Waals surface area contributed by atoms with Crippen LogP contribution in [0.4, 0.5) is 5.82 Å². The quantitative estimate of drug-likeness (QED) is 0.934. The van der Waals surface area contributed by atoms with Crippen molar-refractivity contribution in [2.45, 2.75) is 31.2 Å². The van der Waals surface area contributed by atoms with Crippen LogP contribution < -0.4 is 10.2 Å². The summed E-state index contributed by atoms with van der Waals surface area (Å²) in [5, 5.41) is 6.92. The summed E-state index contributed by atoms with van der Waals surface area (Å²) in [6, 6.07) is 7.77. The summed E-state index contributed by atoms with van der Waals surface area (Å²) in [5.41, 5.74) is 0.387. The maximum atomic E-state index is 12.2. The van der Waals surface area contributed by atoms with Crippen molar-refractivity contribution in [3.63, 3.8) is 0 Å². The monoisotopic (exact) mass is 298 g/mol. The number of nitrogens with zero attached hydrogens (tertiary/aromatic N) is 3. The Balaban J connectivity index is 1.36. The summed E-state index contributed by atoms with van der Waals surface area (Å²) < 4.78 is 5.23. The summed E-state index contributed by atoms with van der Waals surface area (Å²) >= 11 is 0. The first kappa shape index (κ1) is 13.3. The molecule has 0 aromatic carbocycles. The van der Waals surface area contributed by atoms with Crippen molar-refractivity contribution >= 4 is 11.7 Å². The zero-order valence-corrected chi connectivity index (χ0v) is 12.2. The zero-order valence-electron chi connectivity index (χ0n) is 12.2. The number of nitrogens with one attached hydrogen (secondary N) is 1. The van der Waals surface area contributed by atoms with Gasteiger partial charge in [0.15, 0.2) is 5.69 Å². The first-order valence-electron chi connectivity index (χ1n) is 7.73. The second-order valence-corrected chi connectivity index (χ2v) is 5.98. The van der Waals surface area contributed by atoms with Gasteiger partial charge < -0.3 is 14.7 Å². The van der Waals surface area contributed by atoms with Crippen LogP contribution in [0.15, 0.2) is 35.0 Å². The number of anilines is 1. The van der Waals surface area contributed by atoms with E-state index in [1.165, 1.54) is 0 Å². The second-order valence-electron chi connectivity index (χ2n) is 5.98. The molecule has 2 aromatic heterocycles. The highest BCUT2D eigenvalue weighted by atomic mass is 16.5. The number of aromatic nitrogens is 2. The Hall–Kier alpha value is -2.37. The summed E-state index contributed by atoms with van der Waals surface area (Å²) in [4.78, 5) is 18.8. The number of hydrogen-bond donors (Lipinski definition) is 1. The van der Waals surface area contributed by atoms with Crippen LogP contribution in [-0.2, 0) is 0 Å². The van der Waals surface area contributed by atoms with Crippen molar-refractivity contribution in [1.29, 1.82) is 0 Å². The molecule has 0 spiro atoms. The average molecular weight is 298 g/mol. The highest BCUT2D eigenvalue weighted by Crippen LogP contribution is 2.40. The molecule has 4 rings (SSSR count). The van der Waals surface area contributed by atoms with E-state index < -0.39 is 0 Å². The average Bonchev–Trinajstić information content (AvgIpc) is 3.10. The van der Waals surface area contributed by atoms with Crippen LogP contribution in [0, 0.1) is 0 Å². The van der Waals surface area contributed by atoms with Gasteiger partial charge in [0.25, 0.3) is 5.91 Å². The van der Waals surface area contributed by atoms with E-state index in [9.17, 15) is 4.79 Å². The van der Waals surface area contributed by atoms with Crippen molar-refractivity contribution in [2.24, 2.45) is 0 Å². The van der Waals surface area contributed by atoms with Crippen LogP contribution in [0.5, 0.6) is 0 Å². The van der Waals surface area contributed by atoms with E-state index in [4.69, 9.17) is 4.52 Å². The van der Waals surface area contributed by atoms with Crippen LogP contribution in [0.2, 0.25) is 0 Å². The maximum absolute atomic E-state index is 12.2. The summed E-state index contributed by atoms with van der Waals surface area (Å²) in [6.45, 7) is 1.67. The van der Waals surface area contributed by atoms with Gasteiger partial charge in [0.2, 0.25) is 0 Å². The fourth-order valence-electron chi connectivity index (χ4n) is 2.84. The molecule has 2 aliphatic rings. The summed E-state index contributed by atoms with van der Waals surface area (Å²) in [6.07, 6.45) is 4.97. The number of hydrogen-bond acceptors (Lipinski definition) is 5. The van der Waals surface area contributed by atoms with E-state index in [0.717, 1.165) is 43.9 Å². The lowest BCUT2D eigenvalue weighted by molar-refractivity contribution is 0.0931. The van der Waals surface area contributed by atoms with Crippen molar-refractivity contribution in [3.8, 4) is 0 Å². The molecule has 0 radical (unpaired) electrons. The predicted molar refractivity (Wildman–Crippen MR) is 80.8 cm³/mol. The van der Waals surface area contributed by atoms with Gasteiger partial charge in [-0.1, -0.05) is 11.2 Å². The molecule has 22 heavy (non-hydrogen) atoms. The number of rotatable bonds is 4. The Kier molecular flexibility index (Phi) is 3.29. The minimum atomic E-state index is -0.150. The van der Waals surface area contributed by atoms with Crippen LogP contribution in [-0.4, -0.2) is 35.2 Å². The number of carbonyl (C=O) groups is 1. The fourth-order valence-corrected chi connectivity index (χ4v) is 2.84. The van der Waals surface area contributed by atoms with Crippen molar-refractivity contribution in [1.82, 2.24) is 15.5 Å². The molecular formula is C16H18N4O2. The molecule has 1 atom stereocenters. The Morgan fingerprint density at radius 3 is 3.00 bits per heavy atom. The largest absolute Gasteiger partial charge is 0.360 e. The molecule has 0 unspecified atom stereocenters. The molecule has 1 N–H and O–H groups in total. The van der Waals surface area contributed by atoms with Gasteiger partial charge in [-0.25, -0.2) is 4.98 Å². The molecule has 0 bridgehead atoms. The van der Waals surface area contributed by atoms with Crippen molar-refractivity contribution in [3.05, 3.63) is 41.9 Å². The number of pyridine rings is 1. The molecule has 1 aliphatic carbocycles. The van der Waals surface area contributed by atoms with E-state index >= 15 is 0 Å². The highest BCUT2D eigenvalue weighted by molar-refractivity contribution is 5.92. The third-order valence-electron chi connectivity index (χ3n) is 4.24. The predicted octanol–water partition coefficient (Wildman–Crippen LogP) is 1.96. The van der Waals surface area contributed by atoms with Crippen LogP contribution in [0.1, 0.15) is 41.4 Å². The SMILES string of the molecule is O=C(N[C@H]1CCN(c2ccccn2)C1)c1cc(C2CC2)on1. The van der Waals surface area contributed by atoms with Gasteiger partial charge in [-0.05, 0) is 31.4 Å². The second kappa shape index (κ2) is 5.44. The van der Waals surface area contributed by atoms with Crippen LogP contribution in [0.25, 0.3) is 0 Å². The van der Waals surface area contributed by atoms with Crippen molar-refractivity contribution in [2.75, 3.05) is 18.0 Å². The van der Waals surface area contributed by atoms with E-state index in [-0.39, 0.29) is 11.9 Å². The number of carbonyl (C=O) groups excluding carboxylic acids is 1. The standard InChI is InChI=1S/C16H18N4O2/c21-16(13-9-14(22-19-13)11-4-5-11)18-12-6-8-20(10-12)15-3-1-2-7-17-15/h1-3,7,9,11-12H,4-6,8,10H2,(H,18,21)/t12-/m0/s1. The van der Waals surface area contributed by atoms with Gasteiger partial charge in [0, 0.05) is 37.3 Å². The van der Waals surface area contributed by atoms with E-state index in [1.54, 1.807) is 12.3 Å². The van der Waals surface area contributed by atoms with Gasteiger partial charge in [-0.3, -0.25) is 4.79 Å². The molecule has 1 saturated heterocycles. The molecule has 6 nitrogen and oxygen atoms in total. The first-order chi connectivity index (χ1) is 10.8. The van der Waals surface area contributed by atoms with Gasteiger partial charge in [-0.2, -0.15) is 0 Å². The Morgan fingerprint density at radius 1 is 1.32 bits per heavy atom. The maximum Gasteiger partial charge on any atom is 0.273 e. The van der Waals surface area contributed by atoms with Gasteiger partial charge >= 0.3 is 0 Å². The third kappa shape index (κ3) is 2.68. The third-order valence-corrected chi connectivity index (χ3v) is 4.24. The lowest BCUT2D eigenvalue weighted by Crippen LogP contribution is -2.37. The Morgan fingerprint density at radius 2 is 2.23 bits per heavy atom. The Labute approximate surface area is 128 Å². The molecule has 1 amide bonds. The lowest BCUT2D eigenvalue weighted by Gasteiger charge is -2.17. The van der Waals surface area contributed by atoms with E-state index in [1.807, 2.05) is 18.2 Å². The molecule has 1 aliphatic heterocycles.